The van der Waals surface area contributed by atoms with Gasteiger partial charge >= 0.3 is 0 Å². The molecule has 1 heterocycles. The van der Waals surface area contributed by atoms with Gasteiger partial charge in [-0.25, -0.2) is 18.1 Å². The molecule has 3 rings (SSSR count). The Labute approximate surface area is 158 Å². The number of nitrogens with one attached hydrogen (secondary N) is 1. The van der Waals surface area contributed by atoms with Gasteiger partial charge in [0, 0.05) is 30.2 Å². The Hall–Kier alpha value is -2.84. The topological polar surface area (TPSA) is 82.5 Å². The molecule has 1 atom stereocenters. The molecule has 0 saturated heterocycles. The molecule has 2 aromatic carbocycles. The Kier molecular flexibility index (Phi) is 5.48. The van der Waals surface area contributed by atoms with Crippen LogP contribution in [0.25, 0.3) is 5.69 Å². The van der Waals surface area contributed by atoms with Crippen LogP contribution in [0.15, 0.2) is 66.1 Å². The lowest BCUT2D eigenvalue weighted by Crippen LogP contribution is -2.27. The molecule has 0 fully saturated rings. The average Bonchev–Trinajstić information content (AvgIpc) is 3.22. The van der Waals surface area contributed by atoms with Gasteiger partial charge in [-0.15, -0.1) is 0 Å². The van der Waals surface area contributed by atoms with E-state index in [1.807, 2.05) is 35.0 Å². The molecule has 142 valence electrons. The summed E-state index contributed by atoms with van der Waals surface area (Å²) in [7, 11) is -0.895. The molecule has 3 aromatic rings. The van der Waals surface area contributed by atoms with E-state index in [9.17, 15) is 8.42 Å². The van der Waals surface area contributed by atoms with E-state index < -0.39 is 16.1 Å². The third kappa shape index (κ3) is 4.12. The number of sulfonamides is 1. The highest BCUT2D eigenvalue weighted by Gasteiger charge is 2.23. The van der Waals surface area contributed by atoms with Crippen molar-refractivity contribution in [2.24, 2.45) is 0 Å². The van der Waals surface area contributed by atoms with Crippen molar-refractivity contribution in [3.63, 3.8) is 0 Å². The Morgan fingerprint density at radius 1 is 1.07 bits per heavy atom. The van der Waals surface area contributed by atoms with Gasteiger partial charge in [0.25, 0.3) is 0 Å². The van der Waals surface area contributed by atoms with Gasteiger partial charge in [0.05, 0.1) is 20.5 Å². The van der Waals surface area contributed by atoms with Gasteiger partial charge in [0.1, 0.15) is 16.4 Å². The van der Waals surface area contributed by atoms with Gasteiger partial charge in [-0.1, -0.05) is 12.1 Å². The first-order valence-corrected chi connectivity index (χ1v) is 9.75. The van der Waals surface area contributed by atoms with E-state index in [2.05, 4.69) is 9.71 Å². The van der Waals surface area contributed by atoms with Crippen LogP contribution in [0.5, 0.6) is 11.5 Å². The lowest BCUT2D eigenvalue weighted by atomic mass is 10.1. The number of benzene rings is 2. The Morgan fingerprint density at radius 2 is 1.81 bits per heavy atom. The fourth-order valence-corrected chi connectivity index (χ4v) is 4.12. The minimum absolute atomic E-state index is 0.0336. The summed E-state index contributed by atoms with van der Waals surface area (Å²) in [6.07, 6.45) is 5.25. The molecule has 27 heavy (non-hydrogen) atoms. The van der Waals surface area contributed by atoms with Crippen LogP contribution in [-0.2, 0) is 10.0 Å². The minimum Gasteiger partial charge on any atom is -0.497 e. The quantitative estimate of drug-likeness (QED) is 0.674. The molecule has 0 unspecified atom stereocenters. The maximum atomic E-state index is 12.9. The smallest absolute Gasteiger partial charge is 0.244 e. The second kappa shape index (κ2) is 7.81. The number of hydrogen-bond donors (Lipinski definition) is 1. The summed E-state index contributed by atoms with van der Waals surface area (Å²) < 4.78 is 40.6. The minimum atomic E-state index is -3.81. The van der Waals surface area contributed by atoms with Crippen LogP contribution in [0.3, 0.4) is 0 Å². The highest BCUT2D eigenvalue weighted by Crippen LogP contribution is 2.29. The summed E-state index contributed by atoms with van der Waals surface area (Å²) in [5.41, 5.74) is 1.78. The summed E-state index contributed by atoms with van der Waals surface area (Å²) in [6.45, 7) is 1.79. The molecule has 0 aliphatic rings. The second-order valence-corrected chi connectivity index (χ2v) is 7.60. The van der Waals surface area contributed by atoms with E-state index in [1.54, 1.807) is 31.6 Å². The molecule has 0 amide bonds. The van der Waals surface area contributed by atoms with Crippen LogP contribution in [0.2, 0.25) is 0 Å². The molecule has 0 bridgehead atoms. The van der Waals surface area contributed by atoms with Crippen LogP contribution in [0.1, 0.15) is 18.5 Å². The van der Waals surface area contributed by atoms with E-state index in [0.717, 1.165) is 11.3 Å². The number of ether oxygens (including phenoxy) is 2. The van der Waals surface area contributed by atoms with Gasteiger partial charge in [-0.3, -0.25) is 0 Å². The van der Waals surface area contributed by atoms with Crippen LogP contribution in [0, 0.1) is 0 Å². The van der Waals surface area contributed by atoms with Gasteiger partial charge in [-0.2, -0.15) is 0 Å². The fraction of sp³-hybridized carbons (Fsp3) is 0.211. The zero-order chi connectivity index (χ0) is 19.4. The number of rotatable bonds is 7. The van der Waals surface area contributed by atoms with Crippen molar-refractivity contribution < 1.29 is 17.9 Å². The normalized spacial score (nSPS) is 12.6. The lowest BCUT2D eigenvalue weighted by molar-refractivity contribution is 0.391. The summed E-state index contributed by atoms with van der Waals surface area (Å²) in [5, 5.41) is 0. The Bertz CT molecular complexity index is 1000. The molecule has 1 N–H and O–H groups in total. The largest absolute Gasteiger partial charge is 0.497 e. The van der Waals surface area contributed by atoms with Crippen molar-refractivity contribution in [3.8, 4) is 17.2 Å². The van der Waals surface area contributed by atoms with Gasteiger partial charge < -0.3 is 14.0 Å². The first kappa shape index (κ1) is 18.9. The maximum Gasteiger partial charge on any atom is 0.244 e. The van der Waals surface area contributed by atoms with Crippen molar-refractivity contribution >= 4 is 10.0 Å². The van der Waals surface area contributed by atoms with Crippen molar-refractivity contribution in [2.45, 2.75) is 17.9 Å². The lowest BCUT2D eigenvalue weighted by Gasteiger charge is -2.17. The summed E-state index contributed by atoms with van der Waals surface area (Å²) in [6, 6.07) is 11.8. The van der Waals surface area contributed by atoms with Crippen molar-refractivity contribution in [2.75, 3.05) is 14.2 Å². The summed E-state index contributed by atoms with van der Waals surface area (Å²) in [4.78, 5) is 4.05. The maximum absolute atomic E-state index is 12.9. The fourth-order valence-electron chi connectivity index (χ4n) is 2.71. The van der Waals surface area contributed by atoms with Crippen LogP contribution in [-0.4, -0.2) is 32.2 Å². The molecule has 0 radical (unpaired) electrons. The molecule has 7 nitrogen and oxygen atoms in total. The summed E-state index contributed by atoms with van der Waals surface area (Å²) in [5.74, 6) is 0.694. The highest BCUT2D eigenvalue weighted by atomic mass is 32.2. The molecule has 8 heteroatoms. The third-order valence-corrected chi connectivity index (χ3v) is 5.75. The zero-order valence-electron chi connectivity index (χ0n) is 15.3. The second-order valence-electron chi connectivity index (χ2n) is 5.92. The molecule has 0 saturated carbocycles. The van der Waals surface area contributed by atoms with E-state index in [1.165, 1.54) is 20.3 Å². The Balaban J connectivity index is 1.83. The van der Waals surface area contributed by atoms with Gasteiger partial charge in [-0.05, 0) is 36.8 Å². The van der Waals surface area contributed by atoms with Crippen LogP contribution >= 0.6 is 0 Å². The average molecular weight is 387 g/mol. The van der Waals surface area contributed by atoms with Crippen molar-refractivity contribution in [3.05, 3.63) is 66.7 Å². The van der Waals surface area contributed by atoms with Crippen LogP contribution < -0.4 is 14.2 Å². The van der Waals surface area contributed by atoms with E-state index >= 15 is 0 Å². The van der Waals surface area contributed by atoms with Crippen LogP contribution in [0.4, 0.5) is 0 Å². The van der Waals surface area contributed by atoms with Gasteiger partial charge in [0.2, 0.25) is 10.0 Å². The first-order valence-electron chi connectivity index (χ1n) is 8.27. The number of methoxy groups -OCH3 is 2. The van der Waals surface area contributed by atoms with Gasteiger partial charge in [0.15, 0.2) is 0 Å². The number of hydrogen-bond acceptors (Lipinski definition) is 5. The predicted octanol–water partition coefficient (Wildman–Crippen LogP) is 2.93. The van der Waals surface area contributed by atoms with E-state index in [-0.39, 0.29) is 10.6 Å². The van der Waals surface area contributed by atoms with Crippen molar-refractivity contribution in [1.29, 1.82) is 0 Å². The molecule has 0 aliphatic heterocycles. The molecule has 1 aromatic heterocycles. The standard InChI is InChI=1S/C19H21N3O4S/c1-14(15-4-6-16(7-5-15)22-11-10-20-13-22)21-27(23,24)19-12-17(25-2)8-9-18(19)26-3/h4-14,21H,1-3H3/t14-/m1/s1. The number of imidazole rings is 1. The predicted molar refractivity (Wildman–Crippen MR) is 102 cm³/mol. The molecule has 0 spiro atoms. The highest BCUT2D eigenvalue weighted by molar-refractivity contribution is 7.89. The molecular weight excluding hydrogens is 366 g/mol. The van der Waals surface area contributed by atoms with E-state index in [4.69, 9.17) is 9.47 Å². The number of nitrogens with zero attached hydrogens (tertiary/aromatic N) is 2. The molecular formula is C19H21N3O4S. The summed E-state index contributed by atoms with van der Waals surface area (Å²) >= 11 is 0. The Morgan fingerprint density at radius 3 is 2.41 bits per heavy atom. The zero-order valence-corrected chi connectivity index (χ0v) is 16.1. The third-order valence-electron chi connectivity index (χ3n) is 4.19. The molecule has 0 aliphatic carbocycles. The number of aromatic nitrogens is 2. The monoisotopic (exact) mass is 387 g/mol. The SMILES string of the molecule is COc1ccc(OC)c(S(=O)(=O)N[C@H](C)c2ccc(-n3ccnc3)cc2)c1. The van der Waals surface area contributed by atoms with Crippen molar-refractivity contribution in [1.82, 2.24) is 14.3 Å². The first-order chi connectivity index (χ1) is 12.9. The van der Waals surface area contributed by atoms with E-state index in [0.29, 0.717) is 5.75 Å².